The first-order valence-electron chi connectivity index (χ1n) is 6.06. The van der Waals surface area contributed by atoms with Gasteiger partial charge in [0.1, 0.15) is 0 Å². The maximum absolute atomic E-state index is 9.21. The standard InChI is InChI=1S/C14H16N2O/c17-13-7-12(8-13)16-9-10-3-4-14-11(6-10)2-1-5-15-14/h1-6,12-13,16-17H,7-9H2. The van der Waals surface area contributed by atoms with Gasteiger partial charge in [-0.3, -0.25) is 4.98 Å². The number of benzene rings is 1. The highest BCUT2D eigenvalue weighted by atomic mass is 16.3. The third-order valence-corrected chi connectivity index (χ3v) is 3.38. The van der Waals surface area contributed by atoms with Gasteiger partial charge in [0.2, 0.25) is 0 Å². The third kappa shape index (κ3) is 2.30. The number of aliphatic hydroxyl groups is 1. The van der Waals surface area contributed by atoms with Crippen LogP contribution in [0.25, 0.3) is 10.9 Å². The van der Waals surface area contributed by atoms with Gasteiger partial charge >= 0.3 is 0 Å². The molecule has 0 unspecified atom stereocenters. The van der Waals surface area contributed by atoms with Crippen LogP contribution in [0.4, 0.5) is 0 Å². The van der Waals surface area contributed by atoms with Gasteiger partial charge in [-0.25, -0.2) is 0 Å². The quantitative estimate of drug-likeness (QED) is 0.842. The van der Waals surface area contributed by atoms with Crippen LogP contribution in [0.2, 0.25) is 0 Å². The largest absolute Gasteiger partial charge is 0.393 e. The lowest BCUT2D eigenvalue weighted by atomic mass is 9.89. The molecular formula is C14H16N2O. The van der Waals surface area contributed by atoms with Gasteiger partial charge in [-0.1, -0.05) is 12.1 Å². The molecule has 1 fully saturated rings. The summed E-state index contributed by atoms with van der Waals surface area (Å²) in [5.41, 5.74) is 2.31. The van der Waals surface area contributed by atoms with E-state index in [2.05, 4.69) is 34.6 Å². The molecular weight excluding hydrogens is 212 g/mol. The van der Waals surface area contributed by atoms with Crippen LogP contribution >= 0.6 is 0 Å². The summed E-state index contributed by atoms with van der Waals surface area (Å²) in [6.07, 6.45) is 3.49. The Hall–Kier alpha value is -1.45. The van der Waals surface area contributed by atoms with Crippen molar-refractivity contribution in [3.8, 4) is 0 Å². The van der Waals surface area contributed by atoms with E-state index in [4.69, 9.17) is 0 Å². The van der Waals surface area contributed by atoms with Gasteiger partial charge < -0.3 is 10.4 Å². The molecule has 0 bridgehead atoms. The lowest BCUT2D eigenvalue weighted by Crippen LogP contribution is -2.43. The first-order chi connectivity index (χ1) is 8.31. The number of nitrogens with one attached hydrogen (secondary N) is 1. The maximum atomic E-state index is 9.21. The predicted molar refractivity (Wildman–Crippen MR) is 67.6 cm³/mol. The molecule has 0 aliphatic heterocycles. The maximum Gasteiger partial charge on any atom is 0.0702 e. The monoisotopic (exact) mass is 228 g/mol. The molecule has 2 N–H and O–H groups in total. The smallest absolute Gasteiger partial charge is 0.0702 e. The van der Waals surface area contributed by atoms with Crippen molar-refractivity contribution in [3.05, 3.63) is 42.1 Å². The SMILES string of the molecule is OC1CC(NCc2ccc3ncccc3c2)C1. The lowest BCUT2D eigenvalue weighted by molar-refractivity contribution is 0.0619. The summed E-state index contributed by atoms with van der Waals surface area (Å²) in [5.74, 6) is 0. The molecule has 1 aromatic carbocycles. The first kappa shape index (κ1) is 10.7. The number of rotatable bonds is 3. The van der Waals surface area contributed by atoms with Crippen LogP contribution in [0.5, 0.6) is 0 Å². The minimum atomic E-state index is -0.0895. The van der Waals surface area contributed by atoms with Crippen molar-refractivity contribution in [1.82, 2.24) is 10.3 Å². The summed E-state index contributed by atoms with van der Waals surface area (Å²) >= 11 is 0. The van der Waals surface area contributed by atoms with Crippen molar-refractivity contribution in [3.63, 3.8) is 0 Å². The number of fused-ring (bicyclic) bond motifs is 1. The number of aromatic nitrogens is 1. The summed E-state index contributed by atoms with van der Waals surface area (Å²) in [5, 5.41) is 13.8. The molecule has 1 aliphatic rings. The van der Waals surface area contributed by atoms with E-state index in [9.17, 15) is 5.11 Å². The zero-order valence-electron chi connectivity index (χ0n) is 9.63. The summed E-state index contributed by atoms with van der Waals surface area (Å²) in [6, 6.07) is 10.9. The zero-order chi connectivity index (χ0) is 11.7. The van der Waals surface area contributed by atoms with Gasteiger partial charge in [0, 0.05) is 24.2 Å². The van der Waals surface area contributed by atoms with Crippen molar-refractivity contribution < 1.29 is 5.11 Å². The van der Waals surface area contributed by atoms with E-state index in [0.29, 0.717) is 6.04 Å². The van der Waals surface area contributed by atoms with Crippen LogP contribution in [0.15, 0.2) is 36.5 Å². The van der Waals surface area contributed by atoms with E-state index in [1.54, 1.807) is 0 Å². The second kappa shape index (κ2) is 4.43. The molecule has 2 aromatic rings. The molecule has 1 heterocycles. The van der Waals surface area contributed by atoms with E-state index < -0.39 is 0 Å². The number of hydrogen-bond donors (Lipinski definition) is 2. The van der Waals surface area contributed by atoms with Crippen molar-refractivity contribution in [1.29, 1.82) is 0 Å². The third-order valence-electron chi connectivity index (χ3n) is 3.38. The first-order valence-corrected chi connectivity index (χ1v) is 6.06. The van der Waals surface area contributed by atoms with Gasteiger partial charge in [-0.15, -0.1) is 0 Å². The topological polar surface area (TPSA) is 45.1 Å². The second-order valence-electron chi connectivity index (χ2n) is 4.73. The zero-order valence-corrected chi connectivity index (χ0v) is 9.63. The summed E-state index contributed by atoms with van der Waals surface area (Å²) in [6.45, 7) is 0.863. The van der Waals surface area contributed by atoms with E-state index in [-0.39, 0.29) is 6.10 Å². The Morgan fingerprint density at radius 1 is 1.29 bits per heavy atom. The normalized spacial score (nSPS) is 23.6. The fourth-order valence-corrected chi connectivity index (χ4v) is 2.25. The Bertz CT molecular complexity index is 520. The fraction of sp³-hybridized carbons (Fsp3) is 0.357. The molecule has 0 amide bonds. The Morgan fingerprint density at radius 2 is 2.18 bits per heavy atom. The van der Waals surface area contributed by atoms with Gasteiger partial charge in [-0.2, -0.15) is 0 Å². The van der Waals surface area contributed by atoms with Crippen LogP contribution < -0.4 is 5.32 Å². The number of pyridine rings is 1. The highest BCUT2D eigenvalue weighted by Crippen LogP contribution is 2.20. The average Bonchev–Trinajstić information content (AvgIpc) is 2.33. The molecule has 1 aromatic heterocycles. The van der Waals surface area contributed by atoms with Crippen molar-refractivity contribution >= 4 is 10.9 Å². The summed E-state index contributed by atoms with van der Waals surface area (Å²) in [4.78, 5) is 4.30. The summed E-state index contributed by atoms with van der Waals surface area (Å²) in [7, 11) is 0. The highest BCUT2D eigenvalue weighted by molar-refractivity contribution is 5.78. The van der Waals surface area contributed by atoms with Gasteiger partial charge in [-0.05, 0) is 36.6 Å². The lowest BCUT2D eigenvalue weighted by Gasteiger charge is -2.32. The van der Waals surface area contributed by atoms with E-state index in [0.717, 1.165) is 24.9 Å². The molecule has 88 valence electrons. The van der Waals surface area contributed by atoms with Gasteiger partial charge in [0.15, 0.2) is 0 Å². The number of hydrogen-bond acceptors (Lipinski definition) is 3. The van der Waals surface area contributed by atoms with Gasteiger partial charge in [0.25, 0.3) is 0 Å². The molecule has 1 aliphatic carbocycles. The van der Waals surface area contributed by atoms with Crippen molar-refractivity contribution in [2.75, 3.05) is 0 Å². The van der Waals surface area contributed by atoms with Crippen LogP contribution in [0.3, 0.4) is 0 Å². The second-order valence-corrected chi connectivity index (χ2v) is 4.73. The molecule has 0 atom stereocenters. The number of aliphatic hydroxyl groups excluding tert-OH is 1. The molecule has 0 saturated heterocycles. The molecule has 0 radical (unpaired) electrons. The van der Waals surface area contributed by atoms with Crippen LogP contribution in [0, 0.1) is 0 Å². The van der Waals surface area contributed by atoms with E-state index in [1.165, 1.54) is 10.9 Å². The minimum Gasteiger partial charge on any atom is -0.393 e. The number of nitrogens with zero attached hydrogens (tertiary/aromatic N) is 1. The Balaban J connectivity index is 1.68. The molecule has 1 saturated carbocycles. The van der Waals surface area contributed by atoms with Crippen molar-refractivity contribution in [2.45, 2.75) is 31.5 Å². The summed E-state index contributed by atoms with van der Waals surface area (Å²) < 4.78 is 0. The van der Waals surface area contributed by atoms with Crippen LogP contribution in [0.1, 0.15) is 18.4 Å². The highest BCUT2D eigenvalue weighted by Gasteiger charge is 2.26. The van der Waals surface area contributed by atoms with Crippen LogP contribution in [-0.4, -0.2) is 22.2 Å². The molecule has 3 rings (SSSR count). The molecule has 3 heteroatoms. The Labute approximate surface area is 100 Å². The predicted octanol–water partition coefficient (Wildman–Crippen LogP) is 1.85. The molecule has 17 heavy (non-hydrogen) atoms. The Kier molecular flexibility index (Phi) is 2.79. The molecule has 0 spiro atoms. The molecule has 3 nitrogen and oxygen atoms in total. The van der Waals surface area contributed by atoms with Gasteiger partial charge in [0.05, 0.1) is 11.6 Å². The fourth-order valence-electron chi connectivity index (χ4n) is 2.25. The van der Waals surface area contributed by atoms with E-state index >= 15 is 0 Å². The average molecular weight is 228 g/mol. The van der Waals surface area contributed by atoms with Crippen molar-refractivity contribution in [2.24, 2.45) is 0 Å². The van der Waals surface area contributed by atoms with Crippen LogP contribution in [-0.2, 0) is 6.54 Å². The minimum absolute atomic E-state index is 0.0895. The van der Waals surface area contributed by atoms with E-state index in [1.807, 2.05) is 12.3 Å². The Morgan fingerprint density at radius 3 is 3.00 bits per heavy atom.